The summed E-state index contributed by atoms with van der Waals surface area (Å²) in [6.45, 7) is 3.99. The molecule has 2 heterocycles. The predicted octanol–water partition coefficient (Wildman–Crippen LogP) is 3.04. The van der Waals surface area contributed by atoms with Crippen molar-refractivity contribution in [3.05, 3.63) is 22.7 Å². The number of unbranched alkanes of at least 4 members (excludes halogenated alkanes) is 4. The number of carbonyl (C=O) groups is 2. The molecule has 1 aromatic rings. The number of alkyl halides is 2. The van der Waals surface area contributed by atoms with Gasteiger partial charge in [0, 0.05) is 19.0 Å². The first-order valence-corrected chi connectivity index (χ1v) is 11.9. The maximum Gasteiger partial charge on any atom is 0.351 e. The van der Waals surface area contributed by atoms with Gasteiger partial charge in [-0.1, -0.05) is 39.5 Å². The van der Waals surface area contributed by atoms with E-state index in [-0.39, 0.29) is 24.5 Å². The summed E-state index contributed by atoms with van der Waals surface area (Å²) >= 11 is 6.18. The van der Waals surface area contributed by atoms with Crippen molar-refractivity contribution in [3.8, 4) is 0 Å². The van der Waals surface area contributed by atoms with Crippen LogP contribution in [0.2, 0.25) is 0 Å². The van der Waals surface area contributed by atoms with Gasteiger partial charge in [0.1, 0.15) is 5.82 Å². The molecule has 1 aliphatic heterocycles. The third kappa shape index (κ3) is 4.59. The Hall–Kier alpha value is -2.20. The Kier molecular flexibility index (Phi) is 8.00. The molecule has 1 saturated carbocycles. The Labute approximate surface area is 196 Å². The number of carbonyl (C=O) groups excluding carboxylic acids is 2. The Morgan fingerprint density at radius 3 is 2.42 bits per heavy atom. The largest absolute Gasteiger partial charge is 0.454 e. The van der Waals surface area contributed by atoms with Crippen LogP contribution < -0.4 is 11.4 Å². The number of hydrogen-bond donors (Lipinski definition) is 1. The van der Waals surface area contributed by atoms with Gasteiger partial charge in [-0.25, -0.2) is 9.18 Å². The molecule has 1 aliphatic carbocycles. The zero-order chi connectivity index (χ0) is 24.2. The minimum absolute atomic E-state index is 0.0298. The fourth-order valence-electron chi connectivity index (χ4n) is 4.36. The minimum Gasteiger partial charge on any atom is -0.454 e. The van der Waals surface area contributed by atoms with E-state index in [4.69, 9.17) is 31.5 Å². The van der Waals surface area contributed by atoms with Crippen LogP contribution in [0.1, 0.15) is 71.4 Å². The smallest absolute Gasteiger partial charge is 0.351 e. The van der Waals surface area contributed by atoms with E-state index in [1.807, 2.05) is 13.8 Å². The average molecular weight is 488 g/mol. The van der Waals surface area contributed by atoms with Crippen molar-refractivity contribution in [2.45, 2.75) is 94.9 Å². The van der Waals surface area contributed by atoms with Crippen LogP contribution in [0.15, 0.2) is 17.1 Å². The molecule has 5 atom stereocenters. The highest BCUT2D eigenvalue weighted by atomic mass is 35.5. The van der Waals surface area contributed by atoms with E-state index < -0.39 is 47.3 Å². The van der Waals surface area contributed by atoms with Crippen molar-refractivity contribution in [2.75, 3.05) is 11.6 Å². The van der Waals surface area contributed by atoms with E-state index in [1.165, 1.54) is 12.3 Å². The first kappa shape index (κ1) is 25.4. The summed E-state index contributed by atoms with van der Waals surface area (Å²) in [5.41, 5.74) is 1.14. The van der Waals surface area contributed by atoms with Crippen LogP contribution in [-0.4, -0.2) is 50.8 Å². The number of nitrogens with zero attached hydrogens (tertiary/aromatic N) is 2. The monoisotopic (exact) mass is 487 g/mol. The van der Waals surface area contributed by atoms with E-state index in [9.17, 15) is 14.4 Å². The number of esters is 2. The first-order valence-electron chi connectivity index (χ1n) is 11.4. The molecule has 0 aromatic carbocycles. The number of aromatic nitrogens is 2. The third-order valence-corrected chi connectivity index (χ3v) is 6.60. The molecule has 2 N–H and O–H groups in total. The summed E-state index contributed by atoms with van der Waals surface area (Å²) in [6, 6.07) is 1.32. The molecule has 184 valence electrons. The number of nitrogens with two attached hydrogens (primary N) is 1. The van der Waals surface area contributed by atoms with Gasteiger partial charge in [-0.05, 0) is 18.9 Å². The maximum absolute atomic E-state index is 16.0. The normalized spacial score (nSPS) is 30.0. The molecule has 0 radical (unpaired) electrons. The lowest BCUT2D eigenvalue weighted by molar-refractivity contribution is -0.168. The lowest BCUT2D eigenvalue weighted by Gasteiger charge is -2.24. The Morgan fingerprint density at radius 1 is 1.21 bits per heavy atom. The van der Waals surface area contributed by atoms with Crippen LogP contribution in [0, 0.1) is 0 Å². The zero-order valence-corrected chi connectivity index (χ0v) is 19.7. The highest BCUT2D eigenvalue weighted by molar-refractivity contribution is 6.19. The van der Waals surface area contributed by atoms with Crippen molar-refractivity contribution in [3.63, 3.8) is 0 Å². The molecule has 1 unspecified atom stereocenters. The van der Waals surface area contributed by atoms with Gasteiger partial charge >= 0.3 is 17.6 Å². The molecule has 2 fully saturated rings. The van der Waals surface area contributed by atoms with Crippen LogP contribution in [0.25, 0.3) is 0 Å². The molecular weight excluding hydrogens is 457 g/mol. The van der Waals surface area contributed by atoms with Crippen LogP contribution in [0.3, 0.4) is 0 Å². The maximum atomic E-state index is 16.0. The van der Waals surface area contributed by atoms with Gasteiger partial charge in [0.15, 0.2) is 24.1 Å². The van der Waals surface area contributed by atoms with Crippen molar-refractivity contribution in [2.24, 2.45) is 0 Å². The molecule has 0 bridgehead atoms. The number of fused-ring (bicyclic) bond motifs is 1. The fourth-order valence-corrected chi connectivity index (χ4v) is 4.77. The Balaban J connectivity index is 1.87. The minimum atomic E-state index is -2.03. The number of ether oxygens (including phenoxy) is 3. The van der Waals surface area contributed by atoms with Crippen LogP contribution in [0.5, 0.6) is 0 Å². The summed E-state index contributed by atoms with van der Waals surface area (Å²) in [4.78, 5) is 40.9. The molecule has 1 saturated heterocycles. The molecular formula is C22H31ClFN3O6. The highest BCUT2D eigenvalue weighted by Gasteiger charge is 2.93. The van der Waals surface area contributed by atoms with E-state index in [0.717, 1.165) is 30.3 Å². The fraction of sp³-hybridized carbons (Fsp3) is 0.727. The van der Waals surface area contributed by atoms with E-state index in [2.05, 4.69) is 4.98 Å². The van der Waals surface area contributed by atoms with E-state index in [1.54, 1.807) is 0 Å². The zero-order valence-electron chi connectivity index (χ0n) is 18.9. The molecule has 11 heteroatoms. The van der Waals surface area contributed by atoms with Gasteiger partial charge in [-0.2, -0.15) is 4.98 Å². The average Bonchev–Trinajstić information content (AvgIpc) is 3.20. The molecule has 33 heavy (non-hydrogen) atoms. The van der Waals surface area contributed by atoms with Gasteiger partial charge in [0.05, 0.1) is 5.88 Å². The molecule has 0 spiro atoms. The molecule has 2 aliphatic rings. The van der Waals surface area contributed by atoms with Gasteiger partial charge in [-0.3, -0.25) is 14.2 Å². The second-order valence-electron chi connectivity index (χ2n) is 8.53. The second-order valence-corrected chi connectivity index (χ2v) is 8.79. The predicted molar refractivity (Wildman–Crippen MR) is 118 cm³/mol. The first-order chi connectivity index (χ1) is 15.8. The quantitative estimate of drug-likeness (QED) is 0.271. The van der Waals surface area contributed by atoms with Crippen LogP contribution >= 0.6 is 11.6 Å². The number of anilines is 1. The summed E-state index contributed by atoms with van der Waals surface area (Å²) in [7, 11) is 0. The highest BCUT2D eigenvalue weighted by Crippen LogP contribution is 2.67. The van der Waals surface area contributed by atoms with E-state index >= 15 is 4.39 Å². The number of nitrogen functional groups attached to an aromatic ring is 1. The van der Waals surface area contributed by atoms with Crippen LogP contribution in [0.4, 0.5) is 10.2 Å². The summed E-state index contributed by atoms with van der Waals surface area (Å²) in [6.07, 6.45) is 1.42. The Morgan fingerprint density at radius 2 is 1.85 bits per heavy atom. The van der Waals surface area contributed by atoms with Crippen molar-refractivity contribution in [1.82, 2.24) is 9.55 Å². The summed E-state index contributed by atoms with van der Waals surface area (Å²) in [5, 5.41) is 0. The SMILES string of the molecule is CCCCCC(=O)OC1[C@@]2(CCl)O[C@@H](n3ccc(N)nc3=O)[C@H](F)[C@@]12OC(=O)CCCCC. The molecule has 1 aromatic heterocycles. The standard InChI is InChI=1S/C22H31ClFN3O6/c1-3-5-7-9-15(28)31-19-21(13-23)22(19,32-16(29)10-8-6-4-2)17(24)18(33-21)27-12-11-14(25)26-20(27)30/h11-12,17-19H,3-10,13H2,1-2H3,(H2,25,26,30)/t17-,18+,19?,21+,22+/m0/s1. The van der Waals surface area contributed by atoms with Crippen molar-refractivity contribution in [1.29, 1.82) is 0 Å². The lowest BCUT2D eigenvalue weighted by Crippen LogP contribution is -2.41. The number of hydrogen-bond acceptors (Lipinski definition) is 8. The van der Waals surface area contributed by atoms with Crippen LogP contribution in [-0.2, 0) is 23.8 Å². The molecule has 0 amide bonds. The molecule has 3 rings (SSSR count). The topological polar surface area (TPSA) is 123 Å². The Bertz CT molecular complexity index is 930. The molecule has 9 nitrogen and oxygen atoms in total. The van der Waals surface area contributed by atoms with E-state index in [0.29, 0.717) is 12.8 Å². The van der Waals surface area contributed by atoms with Gasteiger partial charge < -0.3 is 19.9 Å². The van der Waals surface area contributed by atoms with Gasteiger partial charge in [-0.15, -0.1) is 11.6 Å². The lowest BCUT2D eigenvalue weighted by atomic mass is 10.1. The summed E-state index contributed by atoms with van der Waals surface area (Å²) < 4.78 is 33.9. The van der Waals surface area contributed by atoms with Gasteiger partial charge in [0.25, 0.3) is 0 Å². The third-order valence-electron chi connectivity index (χ3n) is 6.21. The second kappa shape index (κ2) is 10.4. The number of halogens is 2. The number of rotatable bonds is 12. The summed E-state index contributed by atoms with van der Waals surface area (Å²) in [5.74, 6) is -1.53. The van der Waals surface area contributed by atoms with Crippen molar-refractivity contribution >= 4 is 29.4 Å². The van der Waals surface area contributed by atoms with Gasteiger partial charge in [0.2, 0.25) is 5.60 Å². The van der Waals surface area contributed by atoms with Crippen molar-refractivity contribution < 1.29 is 28.2 Å².